The van der Waals surface area contributed by atoms with Crippen molar-refractivity contribution in [2.45, 2.75) is 25.2 Å². The van der Waals surface area contributed by atoms with E-state index in [-0.39, 0.29) is 11.8 Å². The standard InChI is InChI=1S/C9H15F2NO2S/c10-9(11,5-13)4-12-7(14)3-8(6-15)1-2-8/h13,15H,1-6H2,(H,12,14). The number of thiol groups is 1. The van der Waals surface area contributed by atoms with Gasteiger partial charge in [-0.25, -0.2) is 8.78 Å². The zero-order chi connectivity index (χ0) is 11.5. The summed E-state index contributed by atoms with van der Waals surface area (Å²) in [6.45, 7) is -2.05. The zero-order valence-electron chi connectivity index (χ0n) is 8.30. The van der Waals surface area contributed by atoms with Gasteiger partial charge in [-0.1, -0.05) is 0 Å². The third-order valence-corrected chi connectivity index (χ3v) is 3.27. The second kappa shape index (κ2) is 4.65. The maximum absolute atomic E-state index is 12.6. The van der Waals surface area contributed by atoms with Crippen LogP contribution in [-0.2, 0) is 4.79 Å². The van der Waals surface area contributed by atoms with E-state index < -0.39 is 25.0 Å². The molecule has 0 saturated heterocycles. The van der Waals surface area contributed by atoms with Gasteiger partial charge in [-0.05, 0) is 24.0 Å². The lowest BCUT2D eigenvalue weighted by molar-refractivity contribution is -0.125. The van der Waals surface area contributed by atoms with Gasteiger partial charge < -0.3 is 10.4 Å². The first-order valence-corrected chi connectivity index (χ1v) is 5.43. The van der Waals surface area contributed by atoms with Crippen LogP contribution in [0, 0.1) is 5.41 Å². The second-order valence-electron chi connectivity index (χ2n) is 4.13. The lowest BCUT2D eigenvalue weighted by Crippen LogP contribution is -2.39. The Labute approximate surface area is 92.6 Å². The van der Waals surface area contributed by atoms with Gasteiger partial charge in [0.1, 0.15) is 6.61 Å². The number of halogens is 2. The smallest absolute Gasteiger partial charge is 0.287 e. The van der Waals surface area contributed by atoms with E-state index in [1.54, 1.807) is 0 Å². The van der Waals surface area contributed by atoms with Crippen molar-refractivity contribution in [1.82, 2.24) is 5.32 Å². The molecular formula is C9H15F2NO2S. The van der Waals surface area contributed by atoms with Crippen molar-refractivity contribution in [3.63, 3.8) is 0 Å². The summed E-state index contributed by atoms with van der Waals surface area (Å²) in [5, 5.41) is 10.4. The first kappa shape index (κ1) is 12.7. The second-order valence-corrected chi connectivity index (χ2v) is 4.44. The Morgan fingerprint density at radius 2 is 2.13 bits per heavy atom. The van der Waals surface area contributed by atoms with Crippen LogP contribution in [0.25, 0.3) is 0 Å². The molecule has 2 N–H and O–H groups in total. The van der Waals surface area contributed by atoms with Gasteiger partial charge in [-0.3, -0.25) is 4.79 Å². The third kappa shape index (κ3) is 3.95. The van der Waals surface area contributed by atoms with Crippen LogP contribution in [0.15, 0.2) is 0 Å². The minimum atomic E-state index is -3.23. The first-order valence-electron chi connectivity index (χ1n) is 4.79. The van der Waals surface area contributed by atoms with E-state index >= 15 is 0 Å². The number of nitrogens with one attached hydrogen (secondary N) is 1. The number of rotatable bonds is 6. The molecule has 0 aromatic heterocycles. The fraction of sp³-hybridized carbons (Fsp3) is 0.889. The molecule has 1 aliphatic carbocycles. The topological polar surface area (TPSA) is 49.3 Å². The van der Waals surface area contributed by atoms with E-state index in [0.717, 1.165) is 12.8 Å². The van der Waals surface area contributed by atoms with Gasteiger partial charge in [0, 0.05) is 6.42 Å². The molecule has 15 heavy (non-hydrogen) atoms. The Morgan fingerprint density at radius 1 is 1.53 bits per heavy atom. The van der Waals surface area contributed by atoms with Gasteiger partial charge in [0.25, 0.3) is 5.92 Å². The van der Waals surface area contributed by atoms with E-state index in [4.69, 9.17) is 5.11 Å². The van der Waals surface area contributed by atoms with Gasteiger partial charge in [0.15, 0.2) is 0 Å². The van der Waals surface area contributed by atoms with Crippen molar-refractivity contribution in [2.75, 3.05) is 18.9 Å². The highest BCUT2D eigenvalue weighted by atomic mass is 32.1. The maximum atomic E-state index is 12.6. The highest BCUT2D eigenvalue weighted by Crippen LogP contribution is 2.49. The predicted molar refractivity (Wildman–Crippen MR) is 55.2 cm³/mol. The van der Waals surface area contributed by atoms with Gasteiger partial charge in [0.05, 0.1) is 6.54 Å². The minimum absolute atomic E-state index is 0.0678. The van der Waals surface area contributed by atoms with Crippen molar-refractivity contribution in [1.29, 1.82) is 0 Å². The average Bonchev–Trinajstić information content (AvgIpc) is 2.96. The maximum Gasteiger partial charge on any atom is 0.287 e. The summed E-state index contributed by atoms with van der Waals surface area (Å²) in [7, 11) is 0. The molecule has 6 heteroatoms. The molecule has 0 spiro atoms. The molecule has 88 valence electrons. The van der Waals surface area contributed by atoms with Crippen LogP contribution in [0.1, 0.15) is 19.3 Å². The summed E-state index contributed by atoms with van der Waals surface area (Å²) < 4.78 is 25.1. The Morgan fingerprint density at radius 3 is 2.53 bits per heavy atom. The molecule has 0 heterocycles. The van der Waals surface area contributed by atoms with Crippen LogP contribution >= 0.6 is 12.6 Å². The first-order chi connectivity index (χ1) is 6.93. The molecule has 0 atom stereocenters. The van der Waals surface area contributed by atoms with Crippen molar-refractivity contribution >= 4 is 18.5 Å². The normalized spacial score (nSPS) is 18.7. The fourth-order valence-corrected chi connectivity index (χ4v) is 1.68. The van der Waals surface area contributed by atoms with Gasteiger partial charge in [0.2, 0.25) is 5.91 Å². The molecule has 0 aromatic rings. The molecule has 1 rings (SSSR count). The van der Waals surface area contributed by atoms with Crippen LogP contribution in [0.5, 0.6) is 0 Å². The van der Waals surface area contributed by atoms with Gasteiger partial charge in [-0.2, -0.15) is 12.6 Å². The SMILES string of the molecule is O=C(CC1(CS)CC1)NCC(F)(F)CO. The molecule has 1 aliphatic rings. The fourth-order valence-electron chi connectivity index (χ4n) is 1.25. The largest absolute Gasteiger partial charge is 0.390 e. The number of aliphatic hydroxyl groups excluding tert-OH is 1. The molecule has 0 unspecified atom stereocenters. The summed E-state index contributed by atoms with van der Waals surface area (Å²) >= 11 is 4.11. The summed E-state index contributed by atoms with van der Waals surface area (Å²) in [6, 6.07) is 0. The third-order valence-electron chi connectivity index (χ3n) is 2.60. The number of carbonyl (C=O) groups is 1. The molecule has 3 nitrogen and oxygen atoms in total. The lowest BCUT2D eigenvalue weighted by atomic mass is 10.1. The monoisotopic (exact) mass is 239 g/mol. The van der Waals surface area contributed by atoms with Crippen LogP contribution in [0.4, 0.5) is 8.78 Å². The Hall–Kier alpha value is -0.360. The van der Waals surface area contributed by atoms with Gasteiger partial charge in [-0.15, -0.1) is 0 Å². The van der Waals surface area contributed by atoms with Crippen LogP contribution in [0.3, 0.4) is 0 Å². The molecule has 0 aliphatic heterocycles. The zero-order valence-corrected chi connectivity index (χ0v) is 9.20. The van der Waals surface area contributed by atoms with Crippen molar-refractivity contribution in [3.8, 4) is 0 Å². The van der Waals surface area contributed by atoms with Crippen molar-refractivity contribution in [3.05, 3.63) is 0 Å². The summed E-state index contributed by atoms with van der Waals surface area (Å²) in [5.41, 5.74) is -0.0678. The Balaban J connectivity index is 2.25. The molecule has 1 fully saturated rings. The molecule has 1 amide bonds. The molecule has 0 bridgehead atoms. The number of amides is 1. The highest BCUT2D eigenvalue weighted by molar-refractivity contribution is 7.80. The van der Waals surface area contributed by atoms with E-state index in [9.17, 15) is 13.6 Å². The lowest BCUT2D eigenvalue weighted by Gasteiger charge is -2.16. The molecule has 0 aromatic carbocycles. The van der Waals surface area contributed by atoms with E-state index in [0.29, 0.717) is 5.75 Å². The highest BCUT2D eigenvalue weighted by Gasteiger charge is 2.43. The van der Waals surface area contributed by atoms with E-state index in [2.05, 4.69) is 17.9 Å². The average molecular weight is 239 g/mol. The summed E-state index contributed by atoms with van der Waals surface area (Å²) in [6.07, 6.45) is 2.11. The van der Waals surface area contributed by atoms with Crippen LogP contribution in [-0.4, -0.2) is 35.8 Å². The van der Waals surface area contributed by atoms with Crippen LogP contribution < -0.4 is 5.32 Å². The number of hydrogen-bond donors (Lipinski definition) is 3. The molecular weight excluding hydrogens is 224 g/mol. The van der Waals surface area contributed by atoms with E-state index in [1.165, 1.54) is 0 Å². The number of alkyl halides is 2. The van der Waals surface area contributed by atoms with Crippen molar-refractivity contribution in [2.24, 2.45) is 5.41 Å². The Kier molecular flexibility index (Phi) is 3.94. The quantitative estimate of drug-likeness (QED) is 0.601. The number of carbonyl (C=O) groups excluding carboxylic acids is 1. The number of hydrogen-bond acceptors (Lipinski definition) is 3. The summed E-state index contributed by atoms with van der Waals surface area (Å²) in [4.78, 5) is 11.3. The summed E-state index contributed by atoms with van der Waals surface area (Å²) in [5.74, 6) is -3.01. The number of aliphatic hydroxyl groups is 1. The molecule has 1 saturated carbocycles. The van der Waals surface area contributed by atoms with E-state index in [1.807, 2.05) is 0 Å². The minimum Gasteiger partial charge on any atom is -0.390 e. The predicted octanol–water partition coefficient (Wildman–Crippen LogP) is 0.830. The van der Waals surface area contributed by atoms with Gasteiger partial charge >= 0.3 is 0 Å². The van der Waals surface area contributed by atoms with Crippen LogP contribution in [0.2, 0.25) is 0 Å². The van der Waals surface area contributed by atoms with Crippen molar-refractivity contribution < 1.29 is 18.7 Å². The Bertz CT molecular complexity index is 244. The molecule has 0 radical (unpaired) electrons.